The van der Waals surface area contributed by atoms with E-state index >= 15 is 0 Å². The van der Waals surface area contributed by atoms with Gasteiger partial charge in [-0.3, -0.25) is 0 Å². The van der Waals surface area contributed by atoms with Gasteiger partial charge >= 0.3 is 5.97 Å². The maximum Gasteiger partial charge on any atom is 0.330 e. The van der Waals surface area contributed by atoms with Gasteiger partial charge in [-0.25, -0.2) is 4.79 Å². The summed E-state index contributed by atoms with van der Waals surface area (Å²) in [4.78, 5) is 10.5. The Labute approximate surface area is 64.3 Å². The molecule has 58 valence electrons. The summed E-state index contributed by atoms with van der Waals surface area (Å²) >= 11 is 0. The number of ether oxygens (including phenoxy) is 1. The van der Waals surface area contributed by atoms with Crippen LogP contribution in [0.25, 0.3) is 0 Å². The van der Waals surface area contributed by atoms with Crippen molar-refractivity contribution in [2.24, 2.45) is 0 Å². The van der Waals surface area contributed by atoms with Gasteiger partial charge < -0.3 is 9.15 Å². The summed E-state index contributed by atoms with van der Waals surface area (Å²) in [6, 6.07) is 3.47. The molecule has 0 atom stereocenters. The summed E-state index contributed by atoms with van der Waals surface area (Å²) in [5, 5.41) is 0. The lowest BCUT2D eigenvalue weighted by atomic mass is 10.5. The third kappa shape index (κ3) is 2.29. The maximum atomic E-state index is 10.5. The van der Waals surface area contributed by atoms with Crippen LogP contribution in [0.1, 0.15) is 5.76 Å². The molecule has 0 N–H and O–H groups in total. The summed E-state index contributed by atoms with van der Waals surface area (Å²) in [6.45, 7) is 3.42. The highest BCUT2D eigenvalue weighted by Crippen LogP contribution is 2.01. The van der Waals surface area contributed by atoms with Crippen molar-refractivity contribution in [1.29, 1.82) is 0 Å². The fourth-order valence-electron chi connectivity index (χ4n) is 0.596. The van der Waals surface area contributed by atoms with Crippen LogP contribution in [-0.4, -0.2) is 5.97 Å². The molecule has 1 aromatic heterocycles. The highest BCUT2D eigenvalue weighted by atomic mass is 16.5. The van der Waals surface area contributed by atoms with E-state index in [0.717, 1.165) is 6.08 Å². The van der Waals surface area contributed by atoms with Crippen molar-refractivity contribution < 1.29 is 13.9 Å². The molecule has 1 aromatic rings. The zero-order valence-electron chi connectivity index (χ0n) is 5.95. The Balaban J connectivity index is 2.34. The van der Waals surface area contributed by atoms with Crippen LogP contribution >= 0.6 is 0 Å². The SMILES string of the molecule is C=CC(=O)OCc1ccco1. The van der Waals surface area contributed by atoms with Crippen LogP contribution < -0.4 is 0 Å². The average molecular weight is 152 g/mol. The number of esters is 1. The van der Waals surface area contributed by atoms with E-state index in [0.29, 0.717) is 5.76 Å². The highest BCUT2D eigenvalue weighted by molar-refractivity contribution is 5.81. The first-order chi connectivity index (χ1) is 5.33. The molecule has 0 fully saturated rings. The summed E-state index contributed by atoms with van der Waals surface area (Å²) in [7, 11) is 0. The van der Waals surface area contributed by atoms with E-state index < -0.39 is 5.97 Å². The van der Waals surface area contributed by atoms with Crippen LogP contribution in [-0.2, 0) is 16.1 Å². The van der Waals surface area contributed by atoms with Crippen LogP contribution in [0.5, 0.6) is 0 Å². The number of carbonyl (C=O) groups excluding carboxylic acids is 1. The standard InChI is InChI=1S/C8H8O3/c1-2-8(9)11-6-7-4-3-5-10-7/h2-5H,1,6H2. The quantitative estimate of drug-likeness (QED) is 0.486. The third-order valence-corrected chi connectivity index (χ3v) is 1.10. The van der Waals surface area contributed by atoms with Gasteiger partial charge in [0.25, 0.3) is 0 Å². The number of rotatable bonds is 3. The lowest BCUT2D eigenvalue weighted by Crippen LogP contribution is -1.98. The first-order valence-corrected chi connectivity index (χ1v) is 3.14. The number of furan rings is 1. The molecule has 3 nitrogen and oxygen atoms in total. The Kier molecular flexibility index (Phi) is 2.49. The normalized spacial score (nSPS) is 9.09. The first-order valence-electron chi connectivity index (χ1n) is 3.14. The predicted octanol–water partition coefficient (Wildman–Crippen LogP) is 1.51. The van der Waals surface area contributed by atoms with Gasteiger partial charge in [0.1, 0.15) is 12.4 Å². The largest absolute Gasteiger partial charge is 0.466 e. The van der Waals surface area contributed by atoms with Gasteiger partial charge in [0.2, 0.25) is 0 Å². The topological polar surface area (TPSA) is 39.4 Å². The van der Waals surface area contributed by atoms with Crippen LogP contribution in [0.4, 0.5) is 0 Å². The van der Waals surface area contributed by atoms with E-state index in [9.17, 15) is 4.79 Å². The molecule has 0 aliphatic carbocycles. The van der Waals surface area contributed by atoms with Gasteiger partial charge in [0.05, 0.1) is 6.26 Å². The van der Waals surface area contributed by atoms with E-state index in [1.165, 1.54) is 6.26 Å². The molecule has 11 heavy (non-hydrogen) atoms. The molecular weight excluding hydrogens is 144 g/mol. The van der Waals surface area contributed by atoms with Gasteiger partial charge in [-0.05, 0) is 12.1 Å². The van der Waals surface area contributed by atoms with Crippen molar-refractivity contribution in [2.75, 3.05) is 0 Å². The minimum atomic E-state index is -0.443. The number of hydrogen-bond acceptors (Lipinski definition) is 3. The molecule has 0 bridgehead atoms. The van der Waals surface area contributed by atoms with Crippen LogP contribution in [0, 0.1) is 0 Å². The van der Waals surface area contributed by atoms with Crippen molar-refractivity contribution >= 4 is 5.97 Å². The molecule has 0 saturated heterocycles. The van der Waals surface area contributed by atoms with E-state index in [2.05, 4.69) is 11.3 Å². The highest BCUT2D eigenvalue weighted by Gasteiger charge is 1.98. The molecule has 0 aliphatic heterocycles. The lowest BCUT2D eigenvalue weighted by Gasteiger charge is -1.96. The maximum absolute atomic E-state index is 10.5. The Morgan fingerprint density at radius 1 is 1.82 bits per heavy atom. The smallest absolute Gasteiger partial charge is 0.330 e. The second-order valence-electron chi connectivity index (χ2n) is 1.89. The van der Waals surface area contributed by atoms with Crippen molar-refractivity contribution in [3.63, 3.8) is 0 Å². The van der Waals surface area contributed by atoms with Gasteiger partial charge in [0, 0.05) is 6.08 Å². The van der Waals surface area contributed by atoms with Crippen molar-refractivity contribution in [1.82, 2.24) is 0 Å². The number of carbonyl (C=O) groups is 1. The molecule has 0 spiro atoms. The average Bonchev–Trinajstić information content (AvgIpc) is 2.52. The molecule has 0 unspecified atom stereocenters. The van der Waals surface area contributed by atoms with Crippen molar-refractivity contribution in [2.45, 2.75) is 6.61 Å². The van der Waals surface area contributed by atoms with Crippen LogP contribution in [0.15, 0.2) is 35.5 Å². The Hall–Kier alpha value is -1.51. The molecule has 3 heteroatoms. The fourth-order valence-corrected chi connectivity index (χ4v) is 0.596. The Morgan fingerprint density at radius 3 is 3.18 bits per heavy atom. The summed E-state index contributed by atoms with van der Waals surface area (Å²) in [6.07, 6.45) is 2.64. The second kappa shape index (κ2) is 3.61. The minimum Gasteiger partial charge on any atom is -0.466 e. The van der Waals surface area contributed by atoms with Crippen molar-refractivity contribution in [3.05, 3.63) is 36.8 Å². The second-order valence-corrected chi connectivity index (χ2v) is 1.89. The summed E-state index contributed by atoms with van der Waals surface area (Å²) < 4.78 is 9.60. The van der Waals surface area contributed by atoms with Crippen LogP contribution in [0.2, 0.25) is 0 Å². The summed E-state index contributed by atoms with van der Waals surface area (Å²) in [5.41, 5.74) is 0. The molecule has 0 saturated carbocycles. The zero-order chi connectivity index (χ0) is 8.10. The summed E-state index contributed by atoms with van der Waals surface area (Å²) in [5.74, 6) is 0.182. The van der Waals surface area contributed by atoms with Crippen LogP contribution in [0.3, 0.4) is 0 Å². The third-order valence-electron chi connectivity index (χ3n) is 1.10. The molecule has 0 radical (unpaired) electrons. The Bertz CT molecular complexity index is 236. The van der Waals surface area contributed by atoms with E-state index in [4.69, 9.17) is 4.42 Å². The van der Waals surface area contributed by atoms with E-state index in [1.54, 1.807) is 12.1 Å². The minimum absolute atomic E-state index is 0.165. The molecule has 1 heterocycles. The monoisotopic (exact) mass is 152 g/mol. The lowest BCUT2D eigenvalue weighted by molar-refractivity contribution is -0.139. The van der Waals surface area contributed by atoms with Crippen molar-refractivity contribution in [3.8, 4) is 0 Å². The fraction of sp³-hybridized carbons (Fsp3) is 0.125. The first kappa shape index (κ1) is 7.60. The molecule has 0 amide bonds. The van der Waals surface area contributed by atoms with Gasteiger partial charge in [-0.2, -0.15) is 0 Å². The Morgan fingerprint density at radius 2 is 2.64 bits per heavy atom. The van der Waals surface area contributed by atoms with E-state index in [-0.39, 0.29) is 6.61 Å². The van der Waals surface area contributed by atoms with Gasteiger partial charge in [-0.1, -0.05) is 6.58 Å². The molecule has 1 rings (SSSR count). The predicted molar refractivity (Wildman–Crippen MR) is 38.7 cm³/mol. The van der Waals surface area contributed by atoms with Gasteiger partial charge in [-0.15, -0.1) is 0 Å². The molecule has 0 aromatic carbocycles. The van der Waals surface area contributed by atoms with E-state index in [1.807, 2.05) is 0 Å². The van der Waals surface area contributed by atoms with Gasteiger partial charge in [0.15, 0.2) is 0 Å². The molecular formula is C8H8O3. The number of hydrogen-bond donors (Lipinski definition) is 0. The molecule has 0 aliphatic rings. The zero-order valence-corrected chi connectivity index (χ0v) is 5.95.